The molecule has 1 aliphatic heterocycles. The molecular formula is C12H16FNO4S2. The molecule has 0 amide bonds. The standard InChI is InChI=1S/C12H16FNO4S2/c1-19(15,16)11-7-8(10-4-3-5-14-10)6-9(13)12(11)20(2,17)18/h6-7,10,14H,3-5H2,1-2H3. The van der Waals surface area contributed by atoms with Gasteiger partial charge in [-0.05, 0) is 37.1 Å². The minimum atomic E-state index is -3.96. The first-order valence-corrected chi connectivity index (χ1v) is 9.86. The average molecular weight is 321 g/mol. The van der Waals surface area contributed by atoms with Gasteiger partial charge in [0, 0.05) is 18.6 Å². The van der Waals surface area contributed by atoms with Crippen LogP contribution in [0.2, 0.25) is 0 Å². The van der Waals surface area contributed by atoms with E-state index in [0.717, 1.165) is 38.0 Å². The Morgan fingerprint density at radius 2 is 1.80 bits per heavy atom. The third-order valence-corrected chi connectivity index (χ3v) is 5.67. The number of hydrogen-bond acceptors (Lipinski definition) is 5. The molecule has 5 nitrogen and oxygen atoms in total. The molecule has 0 aliphatic carbocycles. The summed E-state index contributed by atoms with van der Waals surface area (Å²) in [5, 5.41) is 3.13. The first-order chi connectivity index (χ1) is 9.10. The second kappa shape index (κ2) is 5.09. The maximum absolute atomic E-state index is 14.1. The largest absolute Gasteiger partial charge is 0.310 e. The normalized spacial score (nSPS) is 20.2. The molecule has 0 bridgehead atoms. The molecular weight excluding hydrogens is 305 g/mol. The number of benzene rings is 1. The highest BCUT2D eigenvalue weighted by Crippen LogP contribution is 2.31. The Kier molecular flexibility index (Phi) is 3.92. The number of rotatable bonds is 3. The van der Waals surface area contributed by atoms with E-state index < -0.39 is 35.3 Å². The summed E-state index contributed by atoms with van der Waals surface area (Å²) in [6.45, 7) is 0.772. The van der Waals surface area contributed by atoms with Gasteiger partial charge in [0.1, 0.15) is 10.7 Å². The van der Waals surface area contributed by atoms with Crippen LogP contribution in [0, 0.1) is 5.82 Å². The molecule has 20 heavy (non-hydrogen) atoms. The molecule has 1 aromatic rings. The lowest BCUT2D eigenvalue weighted by molar-refractivity contribution is 0.546. The van der Waals surface area contributed by atoms with Gasteiger partial charge in [0.15, 0.2) is 19.7 Å². The molecule has 2 rings (SSSR count). The van der Waals surface area contributed by atoms with Gasteiger partial charge in [-0.1, -0.05) is 0 Å². The van der Waals surface area contributed by atoms with E-state index in [2.05, 4.69) is 5.32 Å². The van der Waals surface area contributed by atoms with E-state index in [0.29, 0.717) is 5.56 Å². The summed E-state index contributed by atoms with van der Waals surface area (Å²) >= 11 is 0. The molecule has 1 aromatic carbocycles. The molecule has 8 heteroatoms. The van der Waals surface area contributed by atoms with Crippen molar-refractivity contribution < 1.29 is 21.2 Å². The van der Waals surface area contributed by atoms with Crippen LogP contribution in [0.3, 0.4) is 0 Å². The van der Waals surface area contributed by atoms with Gasteiger partial charge >= 0.3 is 0 Å². The van der Waals surface area contributed by atoms with Crippen LogP contribution < -0.4 is 5.32 Å². The zero-order valence-corrected chi connectivity index (χ0v) is 12.8. The average Bonchev–Trinajstić information content (AvgIpc) is 2.77. The van der Waals surface area contributed by atoms with Crippen molar-refractivity contribution in [3.05, 3.63) is 23.5 Å². The van der Waals surface area contributed by atoms with Crippen molar-refractivity contribution in [1.82, 2.24) is 5.32 Å². The summed E-state index contributed by atoms with van der Waals surface area (Å²) in [6, 6.07) is 2.23. The Balaban J connectivity index is 2.72. The first kappa shape index (κ1) is 15.4. The summed E-state index contributed by atoms with van der Waals surface area (Å²) in [7, 11) is -7.80. The van der Waals surface area contributed by atoms with Crippen LogP contribution in [-0.2, 0) is 19.7 Å². The van der Waals surface area contributed by atoms with Crippen LogP contribution in [0.4, 0.5) is 4.39 Å². The molecule has 1 aliphatic rings. The Morgan fingerprint density at radius 3 is 2.25 bits per heavy atom. The summed E-state index contributed by atoms with van der Waals surface area (Å²) in [6.07, 6.45) is 3.35. The van der Waals surface area contributed by atoms with E-state index in [-0.39, 0.29) is 6.04 Å². The van der Waals surface area contributed by atoms with Crippen LogP contribution in [-0.4, -0.2) is 35.9 Å². The molecule has 1 fully saturated rings. The maximum Gasteiger partial charge on any atom is 0.179 e. The first-order valence-electron chi connectivity index (χ1n) is 6.07. The summed E-state index contributed by atoms with van der Waals surface area (Å²) < 4.78 is 60.9. The Morgan fingerprint density at radius 1 is 1.15 bits per heavy atom. The number of halogens is 1. The predicted octanol–water partition coefficient (Wildman–Crippen LogP) is 1.06. The van der Waals surface area contributed by atoms with Gasteiger partial charge < -0.3 is 5.32 Å². The molecule has 1 unspecified atom stereocenters. The fourth-order valence-corrected chi connectivity index (χ4v) is 4.92. The minimum absolute atomic E-state index is 0.140. The Labute approximate surface area is 118 Å². The van der Waals surface area contributed by atoms with Gasteiger partial charge in [0.25, 0.3) is 0 Å². The fraction of sp³-hybridized carbons (Fsp3) is 0.500. The number of nitrogens with one attached hydrogen (secondary N) is 1. The van der Waals surface area contributed by atoms with Crippen LogP contribution >= 0.6 is 0 Å². The molecule has 1 atom stereocenters. The predicted molar refractivity (Wildman–Crippen MR) is 72.6 cm³/mol. The summed E-state index contributed by atoms with van der Waals surface area (Å²) in [5.41, 5.74) is 0.466. The van der Waals surface area contributed by atoms with Crippen molar-refractivity contribution in [2.45, 2.75) is 28.7 Å². The van der Waals surface area contributed by atoms with Gasteiger partial charge in [0.05, 0.1) is 4.90 Å². The lowest BCUT2D eigenvalue weighted by atomic mass is 10.1. The Bertz CT molecular complexity index is 735. The third-order valence-electron chi connectivity index (χ3n) is 3.26. The Hall–Kier alpha value is -0.990. The lowest BCUT2D eigenvalue weighted by Crippen LogP contribution is -2.16. The van der Waals surface area contributed by atoms with E-state index in [1.165, 1.54) is 6.07 Å². The van der Waals surface area contributed by atoms with E-state index in [9.17, 15) is 21.2 Å². The maximum atomic E-state index is 14.1. The summed E-state index contributed by atoms with van der Waals surface area (Å²) in [5.74, 6) is -1.01. The molecule has 112 valence electrons. The van der Waals surface area contributed by atoms with Crippen LogP contribution in [0.5, 0.6) is 0 Å². The third kappa shape index (κ3) is 3.02. The fourth-order valence-electron chi connectivity index (χ4n) is 2.39. The quantitative estimate of drug-likeness (QED) is 0.900. The van der Waals surface area contributed by atoms with Gasteiger partial charge in [0.2, 0.25) is 0 Å². The highest BCUT2D eigenvalue weighted by Gasteiger charge is 2.28. The van der Waals surface area contributed by atoms with Gasteiger partial charge in [-0.2, -0.15) is 0 Å². The van der Waals surface area contributed by atoms with Gasteiger partial charge in [-0.3, -0.25) is 0 Å². The second-order valence-electron chi connectivity index (χ2n) is 5.02. The van der Waals surface area contributed by atoms with Crippen LogP contribution in [0.1, 0.15) is 24.4 Å². The zero-order valence-electron chi connectivity index (χ0n) is 11.2. The molecule has 0 saturated carbocycles. The van der Waals surface area contributed by atoms with E-state index in [1.54, 1.807) is 0 Å². The molecule has 1 heterocycles. The smallest absolute Gasteiger partial charge is 0.179 e. The number of sulfone groups is 2. The molecule has 0 aromatic heterocycles. The van der Waals surface area contributed by atoms with Crippen molar-refractivity contribution in [3.63, 3.8) is 0 Å². The van der Waals surface area contributed by atoms with Gasteiger partial charge in [-0.15, -0.1) is 0 Å². The van der Waals surface area contributed by atoms with Crippen molar-refractivity contribution in [1.29, 1.82) is 0 Å². The molecule has 0 spiro atoms. The highest BCUT2D eigenvalue weighted by molar-refractivity contribution is 7.93. The van der Waals surface area contributed by atoms with E-state index >= 15 is 0 Å². The molecule has 1 saturated heterocycles. The summed E-state index contributed by atoms with van der Waals surface area (Å²) in [4.78, 5) is -1.22. The van der Waals surface area contributed by atoms with Gasteiger partial charge in [-0.25, -0.2) is 21.2 Å². The lowest BCUT2D eigenvalue weighted by Gasteiger charge is -2.15. The van der Waals surface area contributed by atoms with Crippen molar-refractivity contribution in [2.75, 3.05) is 19.1 Å². The van der Waals surface area contributed by atoms with E-state index in [4.69, 9.17) is 0 Å². The minimum Gasteiger partial charge on any atom is -0.310 e. The molecule has 1 N–H and O–H groups in total. The van der Waals surface area contributed by atoms with Crippen LogP contribution in [0.25, 0.3) is 0 Å². The number of hydrogen-bond donors (Lipinski definition) is 1. The van der Waals surface area contributed by atoms with Crippen molar-refractivity contribution in [3.8, 4) is 0 Å². The molecule has 0 radical (unpaired) electrons. The SMILES string of the molecule is CS(=O)(=O)c1cc(C2CCCN2)cc(F)c1S(C)(=O)=O. The monoisotopic (exact) mass is 321 g/mol. The second-order valence-corrected chi connectivity index (χ2v) is 8.96. The zero-order chi connectivity index (χ0) is 15.1. The van der Waals surface area contributed by atoms with Crippen molar-refractivity contribution in [2.24, 2.45) is 0 Å². The van der Waals surface area contributed by atoms with Crippen LogP contribution in [0.15, 0.2) is 21.9 Å². The van der Waals surface area contributed by atoms with E-state index in [1.807, 2.05) is 0 Å². The van der Waals surface area contributed by atoms with Crippen molar-refractivity contribution >= 4 is 19.7 Å². The highest BCUT2D eigenvalue weighted by atomic mass is 32.2. The topological polar surface area (TPSA) is 80.3 Å².